The Morgan fingerprint density at radius 1 is 0.556 bits per heavy atom. The van der Waals surface area contributed by atoms with Crippen molar-refractivity contribution in [3.63, 3.8) is 0 Å². The molecule has 0 atom stereocenters. The average molecular weight is 618 g/mol. The summed E-state index contributed by atoms with van der Waals surface area (Å²) in [5.41, 5.74) is 4.34. The molecule has 0 radical (unpaired) electrons. The summed E-state index contributed by atoms with van der Waals surface area (Å²) in [6.45, 7) is 0. The van der Waals surface area contributed by atoms with Crippen LogP contribution in [0.25, 0.3) is 22.3 Å². The molecule has 0 fully saturated rings. The highest BCUT2D eigenvalue weighted by atomic mass is 19.1. The number of aromatic hydroxyl groups is 2. The molecule has 0 spiro atoms. The minimum atomic E-state index is -1.36. The van der Waals surface area contributed by atoms with Crippen molar-refractivity contribution in [3.05, 3.63) is 131 Å². The molecule has 0 heterocycles. The first-order chi connectivity index (χ1) is 21.4. The number of carbonyl (C=O) groups is 3. The number of halogens is 4. The van der Waals surface area contributed by atoms with Gasteiger partial charge in [0.25, 0.3) is 0 Å². The summed E-state index contributed by atoms with van der Waals surface area (Å²) >= 11 is 0. The molecular formula is C33H19F4NO7. The van der Waals surface area contributed by atoms with Gasteiger partial charge in [0.05, 0.1) is 0 Å². The van der Waals surface area contributed by atoms with E-state index in [1.54, 1.807) is 0 Å². The summed E-state index contributed by atoms with van der Waals surface area (Å²) in [5.74, 6) is -9.10. The maximum Gasteiger partial charge on any atom is 0.349 e. The van der Waals surface area contributed by atoms with Crippen molar-refractivity contribution >= 4 is 23.6 Å². The quantitative estimate of drug-likeness (QED) is 0.0623. The largest absolute Gasteiger partial charge is 0.507 e. The molecule has 0 unspecified atom stereocenters. The third-order valence-corrected chi connectivity index (χ3v) is 6.53. The van der Waals surface area contributed by atoms with Crippen LogP contribution in [0.1, 0.15) is 31.1 Å². The van der Waals surface area contributed by atoms with E-state index >= 15 is 0 Å². The lowest BCUT2D eigenvalue weighted by atomic mass is 10.0. The molecule has 0 aromatic heterocycles. The maximum atomic E-state index is 14.3. The molecule has 8 nitrogen and oxygen atoms in total. The van der Waals surface area contributed by atoms with Gasteiger partial charge in [0, 0.05) is 35.0 Å². The van der Waals surface area contributed by atoms with Crippen LogP contribution >= 0.6 is 0 Å². The van der Waals surface area contributed by atoms with E-state index in [0.29, 0.717) is 12.1 Å². The van der Waals surface area contributed by atoms with Crippen LogP contribution in [0.3, 0.4) is 0 Å². The highest BCUT2D eigenvalue weighted by Gasteiger charge is 2.25. The van der Waals surface area contributed by atoms with Gasteiger partial charge in [-0.05, 0) is 71.8 Å². The molecule has 0 aliphatic heterocycles. The minimum absolute atomic E-state index is 0.0266. The molecule has 12 heteroatoms. The van der Waals surface area contributed by atoms with E-state index in [0.717, 1.165) is 60.7 Å². The Balaban J connectivity index is 1.40. The number of phenolic OH excluding ortho intramolecular Hbond substituents is 2. The number of esters is 3. The topological polar surface area (TPSA) is 136 Å². The number of benzene rings is 5. The first kappa shape index (κ1) is 30.3. The molecule has 0 saturated carbocycles. The predicted octanol–water partition coefficient (Wildman–Crippen LogP) is 6.79. The molecule has 226 valence electrons. The number of phenols is 2. The van der Waals surface area contributed by atoms with Crippen molar-refractivity contribution in [3.8, 4) is 39.5 Å². The van der Waals surface area contributed by atoms with Crippen LogP contribution in [0.5, 0.6) is 17.2 Å². The molecule has 4 N–H and O–H groups in total. The second-order valence-corrected chi connectivity index (χ2v) is 9.53. The molecule has 45 heavy (non-hydrogen) atoms. The van der Waals surface area contributed by atoms with E-state index < -0.39 is 75.1 Å². The Morgan fingerprint density at radius 2 is 1.04 bits per heavy atom. The van der Waals surface area contributed by atoms with Gasteiger partial charge in [-0.25, -0.2) is 31.9 Å². The standard InChI is InChI=1S/C33H19F4NO7/c34-18-3-6-21(26(36)13-18)16-1-9-28(39)24(11-16)32(42)44-30-15-20(38)5-8-23(30)31(41)45-33(43)25-12-17(2-10-29(25)40)22-7-4-19(35)14-27(22)37/h1-15,39-40H,38H2. The van der Waals surface area contributed by atoms with Crippen LogP contribution in [-0.4, -0.2) is 28.1 Å². The van der Waals surface area contributed by atoms with E-state index in [-0.39, 0.29) is 27.9 Å². The van der Waals surface area contributed by atoms with E-state index in [4.69, 9.17) is 15.2 Å². The second kappa shape index (κ2) is 12.2. The molecule has 5 rings (SSSR count). The van der Waals surface area contributed by atoms with Crippen molar-refractivity contribution in [1.29, 1.82) is 0 Å². The summed E-state index contributed by atoms with van der Waals surface area (Å²) in [7, 11) is 0. The fourth-order valence-corrected chi connectivity index (χ4v) is 4.32. The SMILES string of the molecule is Nc1ccc(C(=O)OC(=O)c2cc(-c3ccc(F)cc3F)ccc2O)c(OC(=O)c2cc(-c3ccc(F)cc3F)ccc2O)c1. The summed E-state index contributed by atoms with van der Waals surface area (Å²) in [5, 5.41) is 20.5. The molecule has 0 amide bonds. The maximum absolute atomic E-state index is 14.3. The second-order valence-electron chi connectivity index (χ2n) is 9.53. The predicted molar refractivity (Wildman–Crippen MR) is 152 cm³/mol. The Labute approximate surface area is 251 Å². The fourth-order valence-electron chi connectivity index (χ4n) is 4.32. The first-order valence-corrected chi connectivity index (χ1v) is 12.9. The lowest BCUT2D eigenvalue weighted by molar-refractivity contribution is 0.0394. The highest BCUT2D eigenvalue weighted by molar-refractivity contribution is 6.06. The fraction of sp³-hybridized carbons (Fsp3) is 0. The molecule has 0 aliphatic rings. The van der Waals surface area contributed by atoms with Crippen LogP contribution in [0.2, 0.25) is 0 Å². The van der Waals surface area contributed by atoms with E-state index in [1.165, 1.54) is 18.2 Å². The van der Waals surface area contributed by atoms with Gasteiger partial charge in [0.2, 0.25) is 0 Å². The molecule has 0 saturated heterocycles. The summed E-state index contributed by atoms with van der Waals surface area (Å²) in [6.07, 6.45) is 0. The number of rotatable bonds is 6. The first-order valence-electron chi connectivity index (χ1n) is 12.9. The van der Waals surface area contributed by atoms with E-state index in [2.05, 4.69) is 0 Å². The van der Waals surface area contributed by atoms with Crippen LogP contribution in [0.15, 0.2) is 91.0 Å². The Morgan fingerprint density at radius 3 is 1.56 bits per heavy atom. The Hall–Kier alpha value is -6.17. The van der Waals surface area contributed by atoms with E-state index in [1.807, 2.05) is 0 Å². The lowest BCUT2D eigenvalue weighted by Crippen LogP contribution is -2.16. The summed E-state index contributed by atoms with van der Waals surface area (Å²) < 4.78 is 65.5. The van der Waals surface area contributed by atoms with Crippen LogP contribution < -0.4 is 10.5 Å². The third-order valence-electron chi connectivity index (χ3n) is 6.53. The zero-order valence-corrected chi connectivity index (χ0v) is 22.7. The third kappa shape index (κ3) is 6.44. The number of nitrogen functional groups attached to an aromatic ring is 1. The van der Waals surface area contributed by atoms with Gasteiger partial charge in [-0.1, -0.05) is 12.1 Å². The zero-order valence-electron chi connectivity index (χ0n) is 22.7. The van der Waals surface area contributed by atoms with Gasteiger partial charge >= 0.3 is 17.9 Å². The highest BCUT2D eigenvalue weighted by Crippen LogP contribution is 2.32. The van der Waals surface area contributed by atoms with Crippen LogP contribution in [0, 0.1) is 23.3 Å². The summed E-state index contributed by atoms with van der Waals surface area (Å²) in [6, 6.07) is 15.7. The molecule has 0 aliphatic carbocycles. The van der Waals surface area contributed by atoms with Crippen molar-refractivity contribution in [1.82, 2.24) is 0 Å². The van der Waals surface area contributed by atoms with Gasteiger partial charge < -0.3 is 25.4 Å². The average Bonchev–Trinajstić information content (AvgIpc) is 2.98. The smallest absolute Gasteiger partial charge is 0.349 e. The summed E-state index contributed by atoms with van der Waals surface area (Å²) in [4.78, 5) is 39.0. The van der Waals surface area contributed by atoms with E-state index in [9.17, 15) is 42.2 Å². The zero-order chi connectivity index (χ0) is 32.4. The van der Waals surface area contributed by atoms with Crippen molar-refractivity contribution in [2.45, 2.75) is 0 Å². The molecule has 5 aromatic carbocycles. The van der Waals surface area contributed by atoms with Gasteiger partial charge in [0.15, 0.2) is 0 Å². The number of ether oxygens (including phenoxy) is 2. The molecule has 5 aromatic rings. The number of hydrogen-bond donors (Lipinski definition) is 3. The molecular weight excluding hydrogens is 598 g/mol. The molecule has 0 bridgehead atoms. The number of anilines is 1. The van der Waals surface area contributed by atoms with Gasteiger partial charge in [0.1, 0.15) is 57.2 Å². The lowest BCUT2D eigenvalue weighted by Gasteiger charge is -2.13. The van der Waals surface area contributed by atoms with Gasteiger partial charge in [-0.2, -0.15) is 0 Å². The number of hydrogen-bond acceptors (Lipinski definition) is 8. The van der Waals surface area contributed by atoms with Crippen LogP contribution in [0.4, 0.5) is 23.2 Å². The monoisotopic (exact) mass is 617 g/mol. The van der Waals surface area contributed by atoms with Crippen LogP contribution in [-0.2, 0) is 4.74 Å². The van der Waals surface area contributed by atoms with Gasteiger partial charge in [-0.3, -0.25) is 0 Å². The van der Waals surface area contributed by atoms with Crippen molar-refractivity contribution < 1.29 is 51.6 Å². The number of nitrogens with two attached hydrogens (primary N) is 1. The van der Waals surface area contributed by atoms with Crippen molar-refractivity contribution in [2.24, 2.45) is 0 Å². The minimum Gasteiger partial charge on any atom is -0.507 e. The number of carbonyl (C=O) groups excluding carboxylic acids is 3. The Bertz CT molecular complexity index is 2010. The van der Waals surface area contributed by atoms with Crippen molar-refractivity contribution in [2.75, 3.05) is 5.73 Å². The normalized spacial score (nSPS) is 10.8. The Kier molecular flexibility index (Phi) is 8.22. The van der Waals surface area contributed by atoms with Gasteiger partial charge in [-0.15, -0.1) is 0 Å².